The van der Waals surface area contributed by atoms with Crippen LogP contribution in [0.25, 0.3) is 0 Å². The minimum absolute atomic E-state index is 0.318. The molecule has 2 aliphatic rings. The van der Waals surface area contributed by atoms with E-state index in [0.29, 0.717) is 0 Å². The number of carbonyl (C=O) groups excluding carboxylic acids is 8. The summed E-state index contributed by atoms with van der Waals surface area (Å²) in [5, 5.41) is 6.30. The summed E-state index contributed by atoms with van der Waals surface area (Å²) in [6.45, 7) is 4.46. The number of ketones is 3. The number of alkyl halides is 2. The molecule has 5 amide bonds. The molecule has 15 nitrogen and oxygen atoms in total. The molecule has 0 radical (unpaired) electrons. The van der Waals surface area contributed by atoms with Crippen LogP contribution >= 0.6 is 0 Å². The Morgan fingerprint density at radius 1 is 0.977 bits per heavy atom. The monoisotopic (exact) mass is 630 g/mol. The van der Waals surface area contributed by atoms with Gasteiger partial charge in [-0.1, -0.05) is 13.8 Å². The Labute approximate surface area is 252 Å². The predicted molar refractivity (Wildman–Crippen MR) is 147 cm³/mol. The molecule has 17 heteroatoms. The molecular formula is C27H40F2N6O9. The summed E-state index contributed by atoms with van der Waals surface area (Å²) >= 11 is 0. The van der Waals surface area contributed by atoms with Crippen molar-refractivity contribution in [2.24, 2.45) is 23.3 Å². The first-order valence-corrected chi connectivity index (χ1v) is 14.0. The van der Waals surface area contributed by atoms with Gasteiger partial charge in [-0.25, -0.2) is 0 Å². The third kappa shape index (κ3) is 6.33. The normalized spacial score (nSPS) is 24.5. The topological polar surface area (TPSA) is 237 Å². The van der Waals surface area contributed by atoms with E-state index in [2.05, 4.69) is 10.6 Å². The van der Waals surface area contributed by atoms with E-state index in [9.17, 15) is 38.4 Å². The van der Waals surface area contributed by atoms with Crippen molar-refractivity contribution >= 4 is 46.9 Å². The Morgan fingerprint density at radius 3 is 2.05 bits per heavy atom. The van der Waals surface area contributed by atoms with Crippen molar-refractivity contribution in [1.82, 2.24) is 20.9 Å². The molecule has 0 aromatic heterocycles. The van der Waals surface area contributed by atoms with Gasteiger partial charge in [0.15, 0.2) is 17.2 Å². The molecule has 2 fully saturated rings. The number of amides is 5. The summed E-state index contributed by atoms with van der Waals surface area (Å²) in [6.07, 6.45) is -1.14. The number of halogens is 2. The minimum atomic E-state index is -4.28. The van der Waals surface area contributed by atoms with Crippen LogP contribution in [0.4, 0.5) is 8.78 Å². The fraction of sp³-hybridized carbons (Fsp3) is 0.704. The fourth-order valence-corrected chi connectivity index (χ4v) is 5.45. The van der Waals surface area contributed by atoms with Gasteiger partial charge in [-0.15, -0.1) is 0 Å². The first-order valence-electron chi connectivity index (χ1n) is 14.0. The predicted octanol–water partition coefficient (Wildman–Crippen LogP) is -2.29. The van der Waals surface area contributed by atoms with Crippen molar-refractivity contribution in [3.63, 3.8) is 0 Å². The van der Waals surface area contributed by atoms with Crippen LogP contribution in [0.3, 0.4) is 0 Å². The van der Waals surface area contributed by atoms with E-state index in [1.807, 2.05) is 0 Å². The highest BCUT2D eigenvalue weighted by Gasteiger charge is 2.75. The van der Waals surface area contributed by atoms with Gasteiger partial charge < -0.3 is 37.1 Å². The largest absolute Gasteiger partial charge is 0.369 e. The standard InChI is InChI=1S/C27H40F2N6O9/c1-12(2)18(19(38)26(28,29)11-32-21(40)13(3)20(31)39)34-24(43)27-17(37)8-7-16(36)25(27,44-6)9-10-35(27)23(42)15(5)33-22(41)14(4)30/h12-15,18H,7-11,30H2,1-6H3,(H2,31,39)(H,32,40)(H,33,41)(H,34,43)/t13?,14-,15-,18?,25?,27+/m0/s1. The van der Waals surface area contributed by atoms with E-state index in [4.69, 9.17) is 16.2 Å². The second kappa shape index (κ2) is 13.4. The smallest absolute Gasteiger partial charge is 0.324 e. The van der Waals surface area contributed by atoms with E-state index in [0.717, 1.165) is 18.9 Å². The zero-order valence-electron chi connectivity index (χ0n) is 25.5. The molecule has 1 saturated carbocycles. The van der Waals surface area contributed by atoms with Crippen molar-refractivity contribution in [3.8, 4) is 0 Å². The Bertz CT molecular complexity index is 1240. The van der Waals surface area contributed by atoms with E-state index in [-0.39, 0.29) is 19.4 Å². The van der Waals surface area contributed by atoms with E-state index < -0.39 is 107 Å². The molecule has 2 rings (SSSR count). The zero-order valence-corrected chi connectivity index (χ0v) is 25.5. The molecule has 7 N–H and O–H groups in total. The molecule has 0 aromatic carbocycles. The summed E-state index contributed by atoms with van der Waals surface area (Å²) in [6, 6.07) is -4.33. The number of nitrogens with one attached hydrogen (secondary N) is 3. The number of carbonyl (C=O) groups is 8. The van der Waals surface area contributed by atoms with Gasteiger partial charge in [0, 0.05) is 32.9 Å². The first kappa shape index (κ1) is 36.3. The van der Waals surface area contributed by atoms with Gasteiger partial charge in [-0.05, 0) is 26.7 Å². The molecule has 246 valence electrons. The van der Waals surface area contributed by atoms with E-state index in [1.54, 1.807) is 5.32 Å². The highest BCUT2D eigenvalue weighted by Crippen LogP contribution is 2.48. The maximum atomic E-state index is 15.1. The Morgan fingerprint density at radius 2 is 1.55 bits per heavy atom. The van der Waals surface area contributed by atoms with Crippen LogP contribution in [-0.2, 0) is 43.1 Å². The lowest BCUT2D eigenvalue weighted by Gasteiger charge is -2.48. The maximum absolute atomic E-state index is 15.1. The average molecular weight is 631 g/mol. The molecule has 0 bridgehead atoms. The number of ether oxygens (including phenoxy) is 1. The van der Waals surface area contributed by atoms with Crippen molar-refractivity contribution in [2.75, 3.05) is 20.2 Å². The summed E-state index contributed by atoms with van der Waals surface area (Å²) in [7, 11) is 1.06. The molecule has 1 aliphatic carbocycles. The van der Waals surface area contributed by atoms with Gasteiger partial charge in [-0.3, -0.25) is 38.4 Å². The van der Waals surface area contributed by atoms with Gasteiger partial charge in [-0.2, -0.15) is 8.78 Å². The van der Waals surface area contributed by atoms with Gasteiger partial charge in [0.1, 0.15) is 12.0 Å². The first-order chi connectivity index (χ1) is 20.2. The highest BCUT2D eigenvalue weighted by molar-refractivity contribution is 6.23. The lowest BCUT2D eigenvalue weighted by molar-refractivity contribution is -0.180. The third-order valence-electron chi connectivity index (χ3n) is 8.10. The molecule has 1 saturated heterocycles. The molecule has 1 heterocycles. The van der Waals surface area contributed by atoms with Gasteiger partial charge in [0.2, 0.25) is 35.0 Å². The molecule has 6 atom stereocenters. The number of rotatable bonds is 13. The number of methoxy groups -OCH3 is 1. The van der Waals surface area contributed by atoms with Crippen molar-refractivity contribution in [2.45, 2.75) is 89.1 Å². The van der Waals surface area contributed by atoms with Crippen LogP contribution in [0.5, 0.6) is 0 Å². The summed E-state index contributed by atoms with van der Waals surface area (Å²) in [5.74, 6) is -15.6. The minimum Gasteiger partial charge on any atom is -0.369 e. The van der Waals surface area contributed by atoms with E-state index in [1.165, 1.54) is 27.7 Å². The Balaban J connectivity index is 2.53. The number of Topliss-reactive ketones (excluding diaryl/α,β-unsaturated/α-hetero) is 3. The van der Waals surface area contributed by atoms with Crippen LogP contribution in [0.1, 0.15) is 53.9 Å². The van der Waals surface area contributed by atoms with Crippen LogP contribution in [0.15, 0.2) is 0 Å². The van der Waals surface area contributed by atoms with Gasteiger partial charge >= 0.3 is 5.92 Å². The number of fused-ring (bicyclic) bond motifs is 1. The number of hydrogen-bond acceptors (Lipinski definition) is 10. The summed E-state index contributed by atoms with van der Waals surface area (Å²) < 4.78 is 35.7. The number of nitrogens with two attached hydrogens (primary N) is 2. The Hall–Kier alpha value is -3.86. The molecule has 3 unspecified atom stereocenters. The molecule has 1 aliphatic heterocycles. The van der Waals surface area contributed by atoms with Crippen LogP contribution < -0.4 is 27.4 Å². The third-order valence-corrected chi connectivity index (χ3v) is 8.10. The van der Waals surface area contributed by atoms with Crippen LogP contribution in [0.2, 0.25) is 0 Å². The van der Waals surface area contributed by atoms with Gasteiger partial charge in [0.05, 0.1) is 18.6 Å². The summed E-state index contributed by atoms with van der Waals surface area (Å²) in [5.41, 5.74) is 5.65. The van der Waals surface area contributed by atoms with Crippen molar-refractivity contribution < 1.29 is 51.9 Å². The number of likely N-dealkylation sites (tertiary alicyclic amines) is 1. The number of hydrogen-bond donors (Lipinski definition) is 5. The number of nitrogens with zero attached hydrogens (tertiary/aromatic N) is 1. The Kier molecular flexibility index (Phi) is 11.1. The van der Waals surface area contributed by atoms with Crippen LogP contribution in [-0.4, -0.2) is 107 Å². The maximum Gasteiger partial charge on any atom is 0.324 e. The fourth-order valence-electron chi connectivity index (χ4n) is 5.45. The highest BCUT2D eigenvalue weighted by atomic mass is 19.3. The van der Waals surface area contributed by atoms with Crippen molar-refractivity contribution in [1.29, 1.82) is 0 Å². The molecule has 0 aromatic rings. The molecular weight excluding hydrogens is 590 g/mol. The lowest BCUT2D eigenvalue weighted by Crippen LogP contribution is -2.78. The second-order valence-corrected chi connectivity index (χ2v) is 11.5. The average Bonchev–Trinajstić information content (AvgIpc) is 3.33. The molecule has 44 heavy (non-hydrogen) atoms. The zero-order chi connectivity index (χ0) is 33.9. The van der Waals surface area contributed by atoms with Gasteiger partial charge in [0.25, 0.3) is 5.91 Å². The quantitative estimate of drug-likeness (QED) is 0.137. The number of primary amides is 1. The second-order valence-electron chi connectivity index (χ2n) is 11.5. The summed E-state index contributed by atoms with van der Waals surface area (Å²) in [4.78, 5) is 104. The van der Waals surface area contributed by atoms with Crippen molar-refractivity contribution in [3.05, 3.63) is 0 Å². The molecule has 0 spiro atoms. The van der Waals surface area contributed by atoms with E-state index >= 15 is 8.78 Å². The SMILES string of the molecule is COC12CCN(C(=O)[C@H](C)NC(=O)[C@H](C)N)[C@@]1(C(=O)NC(C(=O)C(F)(F)CNC(=O)C(C)C(N)=O)C(C)C)C(=O)CCC2=O. The lowest BCUT2D eigenvalue weighted by atomic mass is 9.66. The van der Waals surface area contributed by atoms with Crippen LogP contribution in [0, 0.1) is 11.8 Å².